The van der Waals surface area contributed by atoms with Gasteiger partial charge >= 0.3 is 0 Å². The number of nitrogens with zero attached hydrogens (tertiary/aromatic N) is 2. The summed E-state index contributed by atoms with van der Waals surface area (Å²) < 4.78 is 19.0. The first-order chi connectivity index (χ1) is 11.0. The molecule has 0 aliphatic carbocycles. The van der Waals surface area contributed by atoms with Gasteiger partial charge in [-0.2, -0.15) is 0 Å². The lowest BCUT2D eigenvalue weighted by Crippen LogP contribution is -2.66. The van der Waals surface area contributed by atoms with Crippen molar-refractivity contribution >= 4 is 5.91 Å². The predicted octanol–water partition coefficient (Wildman–Crippen LogP) is 1.94. The smallest absolute Gasteiger partial charge is 0.227 e. The minimum absolute atomic E-state index is 0.0984. The molecule has 2 saturated heterocycles. The Morgan fingerprint density at radius 2 is 2.04 bits per heavy atom. The third-order valence-corrected chi connectivity index (χ3v) is 4.84. The monoisotopic (exact) mass is 320 g/mol. The maximum absolute atomic E-state index is 12.9. The molecule has 2 heterocycles. The summed E-state index contributed by atoms with van der Waals surface area (Å²) in [5, 5.41) is 0. The number of amides is 1. The minimum Gasteiger partial charge on any atom is -0.371 e. The molecule has 2 aliphatic rings. The summed E-state index contributed by atoms with van der Waals surface area (Å²) in [7, 11) is 4.17. The first kappa shape index (κ1) is 16.4. The first-order valence-electron chi connectivity index (χ1n) is 8.27. The lowest BCUT2D eigenvalue weighted by Gasteiger charge is -2.53. The van der Waals surface area contributed by atoms with Gasteiger partial charge in [0.05, 0.1) is 26.1 Å². The Hall–Kier alpha value is -1.46. The molecule has 1 atom stereocenters. The molecule has 1 aromatic carbocycles. The normalized spacial score (nSPS) is 23.1. The number of hydrogen-bond donors (Lipinski definition) is 0. The van der Waals surface area contributed by atoms with Gasteiger partial charge in [0.25, 0.3) is 0 Å². The number of benzene rings is 1. The molecular formula is C18H25FN2O2. The molecule has 0 aromatic heterocycles. The van der Waals surface area contributed by atoms with Crippen LogP contribution in [0.3, 0.4) is 0 Å². The van der Waals surface area contributed by atoms with Gasteiger partial charge < -0.3 is 14.5 Å². The van der Waals surface area contributed by atoms with Crippen molar-refractivity contribution in [3.8, 4) is 0 Å². The van der Waals surface area contributed by atoms with Gasteiger partial charge in [0.2, 0.25) is 5.91 Å². The third kappa shape index (κ3) is 3.90. The number of halogens is 1. The van der Waals surface area contributed by atoms with Crippen LogP contribution < -0.4 is 0 Å². The fourth-order valence-corrected chi connectivity index (χ4v) is 3.54. The number of rotatable bonds is 4. The maximum atomic E-state index is 12.9. The number of likely N-dealkylation sites (tertiary alicyclic amines) is 1. The van der Waals surface area contributed by atoms with Crippen LogP contribution in [0.5, 0.6) is 0 Å². The molecule has 5 heteroatoms. The molecule has 1 amide bonds. The van der Waals surface area contributed by atoms with Crippen LogP contribution in [0, 0.1) is 11.7 Å². The van der Waals surface area contributed by atoms with E-state index in [-0.39, 0.29) is 17.3 Å². The molecule has 0 N–H and O–H groups in total. The van der Waals surface area contributed by atoms with Gasteiger partial charge in [-0.1, -0.05) is 12.1 Å². The van der Waals surface area contributed by atoms with Crippen LogP contribution in [0.25, 0.3) is 0 Å². The molecule has 0 unspecified atom stereocenters. The zero-order chi connectivity index (χ0) is 16.4. The summed E-state index contributed by atoms with van der Waals surface area (Å²) >= 11 is 0. The molecule has 1 aromatic rings. The second kappa shape index (κ2) is 6.57. The van der Waals surface area contributed by atoms with Gasteiger partial charge in [-0.3, -0.25) is 4.79 Å². The fraction of sp³-hybridized carbons (Fsp3) is 0.611. The first-order valence-corrected chi connectivity index (χ1v) is 8.27. The highest BCUT2D eigenvalue weighted by Crippen LogP contribution is 2.36. The van der Waals surface area contributed by atoms with Crippen molar-refractivity contribution in [3.05, 3.63) is 35.6 Å². The van der Waals surface area contributed by atoms with E-state index in [9.17, 15) is 9.18 Å². The SMILES string of the molecule is CN(C)C[C@H]1CCC2(CN(C(=O)Cc3ccc(F)cc3)C2)OC1. The molecule has 4 nitrogen and oxygen atoms in total. The molecule has 1 spiro atoms. The molecule has 2 fully saturated rings. The molecule has 23 heavy (non-hydrogen) atoms. The highest BCUT2D eigenvalue weighted by atomic mass is 19.1. The van der Waals surface area contributed by atoms with Gasteiger partial charge in [-0.25, -0.2) is 4.39 Å². The zero-order valence-electron chi connectivity index (χ0n) is 13.9. The van der Waals surface area contributed by atoms with E-state index in [1.54, 1.807) is 12.1 Å². The van der Waals surface area contributed by atoms with E-state index in [1.165, 1.54) is 12.1 Å². The van der Waals surface area contributed by atoms with Crippen molar-refractivity contribution in [3.63, 3.8) is 0 Å². The van der Waals surface area contributed by atoms with Crippen molar-refractivity contribution in [1.29, 1.82) is 0 Å². The highest BCUT2D eigenvalue weighted by Gasteiger charge is 2.48. The Morgan fingerprint density at radius 3 is 2.61 bits per heavy atom. The minimum atomic E-state index is -0.271. The van der Waals surface area contributed by atoms with Crippen LogP contribution in [0.15, 0.2) is 24.3 Å². The topological polar surface area (TPSA) is 32.8 Å². The van der Waals surface area contributed by atoms with Gasteiger partial charge in [0.1, 0.15) is 11.4 Å². The van der Waals surface area contributed by atoms with Crippen LogP contribution >= 0.6 is 0 Å². The van der Waals surface area contributed by atoms with Crippen molar-refractivity contribution in [2.24, 2.45) is 5.92 Å². The fourth-order valence-electron chi connectivity index (χ4n) is 3.54. The van der Waals surface area contributed by atoms with Crippen LogP contribution in [0.2, 0.25) is 0 Å². The van der Waals surface area contributed by atoms with Crippen LogP contribution in [-0.4, -0.2) is 61.6 Å². The summed E-state index contributed by atoms with van der Waals surface area (Å²) in [5.41, 5.74) is 0.745. The van der Waals surface area contributed by atoms with Gasteiger partial charge in [-0.05, 0) is 50.6 Å². The van der Waals surface area contributed by atoms with E-state index in [4.69, 9.17) is 4.74 Å². The van der Waals surface area contributed by atoms with Crippen molar-refractivity contribution in [2.45, 2.75) is 24.9 Å². The van der Waals surface area contributed by atoms with Gasteiger partial charge in [-0.15, -0.1) is 0 Å². The zero-order valence-corrected chi connectivity index (χ0v) is 13.9. The van der Waals surface area contributed by atoms with Crippen LogP contribution in [0.4, 0.5) is 4.39 Å². The average molecular weight is 320 g/mol. The van der Waals surface area contributed by atoms with Crippen LogP contribution in [-0.2, 0) is 16.0 Å². The molecule has 0 bridgehead atoms. The second-order valence-electron chi connectivity index (χ2n) is 7.21. The lowest BCUT2D eigenvalue weighted by atomic mass is 9.82. The summed E-state index contributed by atoms with van der Waals surface area (Å²) in [6.07, 6.45) is 2.53. The van der Waals surface area contributed by atoms with E-state index in [0.29, 0.717) is 25.4 Å². The number of carbonyl (C=O) groups excluding carboxylic acids is 1. The number of hydrogen-bond acceptors (Lipinski definition) is 3. The van der Waals surface area contributed by atoms with E-state index < -0.39 is 0 Å². The quantitative estimate of drug-likeness (QED) is 0.850. The molecule has 2 aliphatic heterocycles. The lowest BCUT2D eigenvalue weighted by molar-refractivity contribution is -0.189. The highest BCUT2D eigenvalue weighted by molar-refractivity contribution is 5.79. The standard InChI is InChI=1S/C18H25FN2O2/c1-20(2)10-15-7-8-18(23-11-15)12-21(13-18)17(22)9-14-3-5-16(19)6-4-14/h3-6,15H,7-13H2,1-2H3/t15-/m1/s1. The van der Waals surface area contributed by atoms with Crippen LogP contribution in [0.1, 0.15) is 18.4 Å². The molecule has 0 radical (unpaired) electrons. The van der Waals surface area contributed by atoms with Crippen molar-refractivity contribution in [1.82, 2.24) is 9.80 Å². The Morgan fingerprint density at radius 1 is 1.35 bits per heavy atom. The van der Waals surface area contributed by atoms with Crippen molar-refractivity contribution < 1.29 is 13.9 Å². The van der Waals surface area contributed by atoms with E-state index in [1.807, 2.05) is 4.90 Å². The summed E-state index contributed by atoms with van der Waals surface area (Å²) in [4.78, 5) is 16.3. The number of carbonyl (C=O) groups is 1. The van der Waals surface area contributed by atoms with Gasteiger partial charge in [0.15, 0.2) is 0 Å². The summed E-state index contributed by atoms with van der Waals surface area (Å²) in [6.45, 7) is 3.24. The average Bonchev–Trinajstić information content (AvgIpc) is 2.47. The largest absolute Gasteiger partial charge is 0.371 e. The summed E-state index contributed by atoms with van der Waals surface area (Å²) in [6, 6.07) is 6.14. The van der Waals surface area contributed by atoms with Crippen molar-refractivity contribution in [2.75, 3.05) is 40.3 Å². The Kier molecular flexibility index (Phi) is 4.69. The molecular weight excluding hydrogens is 295 g/mol. The molecule has 126 valence electrons. The van der Waals surface area contributed by atoms with E-state index >= 15 is 0 Å². The molecule has 3 rings (SSSR count). The Bertz CT molecular complexity index is 543. The van der Waals surface area contributed by atoms with Gasteiger partial charge in [0, 0.05) is 6.54 Å². The third-order valence-electron chi connectivity index (χ3n) is 4.84. The van der Waals surface area contributed by atoms with E-state index in [2.05, 4.69) is 19.0 Å². The predicted molar refractivity (Wildman–Crippen MR) is 86.6 cm³/mol. The number of ether oxygens (including phenoxy) is 1. The summed E-state index contributed by atoms with van der Waals surface area (Å²) in [5.74, 6) is 0.424. The molecule has 0 saturated carbocycles. The second-order valence-corrected chi connectivity index (χ2v) is 7.21. The Balaban J connectivity index is 1.45. The van der Waals surface area contributed by atoms with E-state index in [0.717, 1.165) is 31.6 Å². The Labute approximate surface area is 137 Å². The maximum Gasteiger partial charge on any atom is 0.227 e.